The first kappa shape index (κ1) is 21.5. The van der Waals surface area contributed by atoms with Gasteiger partial charge in [0.1, 0.15) is 9.77 Å². The maximum absolute atomic E-state index is 12.8. The van der Waals surface area contributed by atoms with Crippen LogP contribution >= 0.6 is 23.7 Å². The topological polar surface area (TPSA) is 91.0 Å². The number of hydrogen-bond acceptors (Lipinski definition) is 7. The highest BCUT2D eigenvalue weighted by Gasteiger charge is 2.31. The third-order valence-electron chi connectivity index (χ3n) is 4.35. The van der Waals surface area contributed by atoms with Crippen molar-refractivity contribution in [2.45, 2.75) is 4.90 Å². The molecule has 8 nitrogen and oxygen atoms in total. The number of nitrogens with one attached hydrogen (secondary N) is 2. The van der Waals surface area contributed by atoms with E-state index in [0.717, 1.165) is 44.1 Å². The maximum atomic E-state index is 12.8. The molecule has 0 atom stereocenters. The van der Waals surface area contributed by atoms with Gasteiger partial charge in [-0.25, -0.2) is 8.42 Å². The van der Waals surface area contributed by atoms with Crippen LogP contribution in [0.4, 0.5) is 0 Å². The van der Waals surface area contributed by atoms with Crippen LogP contribution in [0, 0.1) is 0 Å². The van der Waals surface area contributed by atoms with Gasteiger partial charge in [-0.2, -0.15) is 4.31 Å². The van der Waals surface area contributed by atoms with Gasteiger partial charge in [-0.3, -0.25) is 9.69 Å². The highest BCUT2D eigenvalue weighted by Crippen LogP contribution is 2.25. The van der Waals surface area contributed by atoms with Gasteiger partial charge in [0.25, 0.3) is 5.91 Å². The van der Waals surface area contributed by atoms with Gasteiger partial charge in [0.15, 0.2) is 0 Å². The number of piperazine rings is 1. The normalized spacial score (nSPS) is 19.7. The minimum atomic E-state index is -3.66. The Kier molecular flexibility index (Phi) is 8.27. The standard InChI is InChI=1S/C15H24N4O4S2.ClH/c20-15(17-4-7-18-5-2-16-3-6-18)14-13(1-12-24-14)25(21,22)19-8-10-23-11-9-19;/h1,12,16H,2-11H2,(H,17,20);1H. The third-order valence-corrected chi connectivity index (χ3v) is 7.33. The van der Waals surface area contributed by atoms with Crippen molar-refractivity contribution >= 4 is 39.7 Å². The molecule has 2 saturated heterocycles. The second-order valence-corrected chi connectivity index (χ2v) is 8.80. The lowest BCUT2D eigenvalue weighted by Gasteiger charge is -2.27. The van der Waals surface area contributed by atoms with E-state index in [-0.39, 0.29) is 28.1 Å². The fourth-order valence-electron chi connectivity index (χ4n) is 2.93. The van der Waals surface area contributed by atoms with Gasteiger partial charge in [0.2, 0.25) is 10.0 Å². The Hall–Kier alpha value is -0.750. The number of carbonyl (C=O) groups excluding carboxylic acids is 1. The number of rotatable bonds is 6. The molecule has 2 aliphatic rings. The lowest BCUT2D eigenvalue weighted by Crippen LogP contribution is -2.46. The molecule has 2 N–H and O–H groups in total. The molecule has 1 amide bonds. The molecule has 26 heavy (non-hydrogen) atoms. The summed E-state index contributed by atoms with van der Waals surface area (Å²) in [5, 5.41) is 7.78. The van der Waals surface area contributed by atoms with Crippen LogP contribution in [0.5, 0.6) is 0 Å². The Labute approximate surface area is 164 Å². The van der Waals surface area contributed by atoms with Crippen molar-refractivity contribution in [2.75, 3.05) is 65.6 Å². The van der Waals surface area contributed by atoms with E-state index in [9.17, 15) is 13.2 Å². The van der Waals surface area contributed by atoms with E-state index in [4.69, 9.17) is 4.74 Å². The van der Waals surface area contributed by atoms with E-state index in [1.807, 2.05) is 0 Å². The average molecular weight is 425 g/mol. The lowest BCUT2D eigenvalue weighted by molar-refractivity contribution is 0.0730. The van der Waals surface area contributed by atoms with Crippen LogP contribution in [0.25, 0.3) is 0 Å². The van der Waals surface area contributed by atoms with Gasteiger partial charge in [0.05, 0.1) is 13.2 Å². The molecular weight excluding hydrogens is 400 g/mol. The quantitative estimate of drug-likeness (QED) is 0.658. The minimum Gasteiger partial charge on any atom is -0.379 e. The van der Waals surface area contributed by atoms with Crippen molar-refractivity contribution in [3.8, 4) is 0 Å². The Bertz CT molecular complexity index is 686. The summed E-state index contributed by atoms with van der Waals surface area (Å²) in [5.41, 5.74) is 0. The molecular formula is C15H25ClN4O4S2. The van der Waals surface area contributed by atoms with Crippen LogP contribution in [0.3, 0.4) is 0 Å². The smallest absolute Gasteiger partial charge is 0.262 e. The van der Waals surface area contributed by atoms with E-state index in [1.165, 1.54) is 10.4 Å². The number of halogens is 1. The van der Waals surface area contributed by atoms with E-state index in [1.54, 1.807) is 5.38 Å². The molecule has 0 aromatic carbocycles. The van der Waals surface area contributed by atoms with Crippen molar-refractivity contribution < 1.29 is 17.9 Å². The first-order valence-electron chi connectivity index (χ1n) is 8.46. The van der Waals surface area contributed by atoms with Crippen LogP contribution in [0.1, 0.15) is 9.67 Å². The first-order valence-corrected chi connectivity index (χ1v) is 10.8. The van der Waals surface area contributed by atoms with Gasteiger partial charge in [-0.05, 0) is 11.4 Å². The molecule has 1 aromatic heterocycles. The predicted molar refractivity (Wildman–Crippen MR) is 103 cm³/mol. The molecule has 3 heterocycles. The molecule has 148 valence electrons. The van der Waals surface area contributed by atoms with Crippen molar-refractivity contribution in [2.24, 2.45) is 0 Å². The van der Waals surface area contributed by atoms with Gasteiger partial charge >= 0.3 is 0 Å². The van der Waals surface area contributed by atoms with Crippen LogP contribution in [-0.4, -0.2) is 89.1 Å². The monoisotopic (exact) mass is 424 g/mol. The molecule has 0 bridgehead atoms. The highest BCUT2D eigenvalue weighted by molar-refractivity contribution is 7.89. The Morgan fingerprint density at radius 2 is 1.92 bits per heavy atom. The minimum absolute atomic E-state index is 0. The Morgan fingerprint density at radius 1 is 1.23 bits per heavy atom. The van der Waals surface area contributed by atoms with E-state index in [0.29, 0.717) is 32.8 Å². The fraction of sp³-hybridized carbons (Fsp3) is 0.667. The third kappa shape index (κ3) is 5.16. The summed E-state index contributed by atoms with van der Waals surface area (Å²) < 4.78 is 32.1. The second-order valence-electron chi connectivity index (χ2n) is 5.98. The van der Waals surface area contributed by atoms with Gasteiger partial charge in [-0.1, -0.05) is 0 Å². The highest BCUT2D eigenvalue weighted by atomic mass is 35.5. The largest absolute Gasteiger partial charge is 0.379 e. The molecule has 2 fully saturated rings. The number of amides is 1. The average Bonchev–Trinajstić information content (AvgIpc) is 3.14. The maximum Gasteiger partial charge on any atom is 0.262 e. The molecule has 0 aliphatic carbocycles. The summed E-state index contributed by atoms with van der Waals surface area (Å²) >= 11 is 1.16. The molecule has 0 radical (unpaired) electrons. The summed E-state index contributed by atoms with van der Waals surface area (Å²) in [5.74, 6) is -0.322. The zero-order valence-corrected chi connectivity index (χ0v) is 16.9. The van der Waals surface area contributed by atoms with Crippen LogP contribution in [0.2, 0.25) is 0 Å². The molecule has 2 aliphatic heterocycles. The van der Waals surface area contributed by atoms with Crippen LogP contribution in [0.15, 0.2) is 16.3 Å². The van der Waals surface area contributed by atoms with Gasteiger partial charge in [-0.15, -0.1) is 23.7 Å². The van der Waals surface area contributed by atoms with Crippen molar-refractivity contribution in [1.29, 1.82) is 0 Å². The molecule has 3 rings (SSSR count). The SMILES string of the molecule is Cl.O=C(NCCN1CCNCC1)c1sccc1S(=O)(=O)N1CCOCC1. The van der Waals surface area contributed by atoms with Crippen molar-refractivity contribution in [1.82, 2.24) is 19.8 Å². The number of thiophene rings is 1. The summed E-state index contributed by atoms with van der Waals surface area (Å²) in [6.45, 7) is 6.53. The molecule has 0 saturated carbocycles. The predicted octanol–water partition coefficient (Wildman–Crippen LogP) is -0.174. The number of ether oxygens (including phenoxy) is 1. The summed E-state index contributed by atoms with van der Waals surface area (Å²) in [7, 11) is -3.66. The van der Waals surface area contributed by atoms with E-state index < -0.39 is 10.0 Å². The number of nitrogens with zero attached hydrogens (tertiary/aromatic N) is 2. The Morgan fingerprint density at radius 3 is 2.62 bits per heavy atom. The number of hydrogen-bond donors (Lipinski definition) is 2. The zero-order valence-electron chi connectivity index (χ0n) is 14.5. The number of sulfonamides is 1. The van der Waals surface area contributed by atoms with E-state index >= 15 is 0 Å². The van der Waals surface area contributed by atoms with Crippen LogP contribution < -0.4 is 10.6 Å². The summed E-state index contributed by atoms with van der Waals surface area (Å²) in [4.78, 5) is 15.1. The number of carbonyl (C=O) groups is 1. The molecule has 0 spiro atoms. The zero-order chi connectivity index (χ0) is 17.7. The summed E-state index contributed by atoms with van der Waals surface area (Å²) in [6, 6.07) is 1.51. The van der Waals surface area contributed by atoms with Gasteiger partial charge in [0, 0.05) is 52.4 Å². The van der Waals surface area contributed by atoms with Gasteiger partial charge < -0.3 is 15.4 Å². The van der Waals surface area contributed by atoms with Crippen LogP contribution in [-0.2, 0) is 14.8 Å². The Balaban J connectivity index is 0.00000243. The van der Waals surface area contributed by atoms with Crippen molar-refractivity contribution in [3.05, 3.63) is 16.3 Å². The molecule has 0 unspecified atom stereocenters. The number of morpholine rings is 1. The molecule has 11 heteroatoms. The lowest BCUT2D eigenvalue weighted by atomic mass is 10.3. The second kappa shape index (κ2) is 9.98. The molecule has 1 aromatic rings. The summed E-state index contributed by atoms with van der Waals surface area (Å²) in [6.07, 6.45) is 0. The fourth-order valence-corrected chi connectivity index (χ4v) is 5.66. The van der Waals surface area contributed by atoms with E-state index in [2.05, 4.69) is 15.5 Å². The first-order chi connectivity index (χ1) is 12.1. The van der Waals surface area contributed by atoms with Crippen molar-refractivity contribution in [3.63, 3.8) is 0 Å².